The van der Waals surface area contributed by atoms with Gasteiger partial charge in [0, 0.05) is 16.9 Å². The van der Waals surface area contributed by atoms with Gasteiger partial charge in [0.25, 0.3) is 5.56 Å². The maximum absolute atomic E-state index is 13.4. The number of carboxylic acids is 1. The normalized spacial score (nSPS) is 15.5. The van der Waals surface area contributed by atoms with E-state index < -0.39 is 18.0 Å². The molecule has 0 saturated carbocycles. The van der Waals surface area contributed by atoms with Crippen molar-refractivity contribution in [3.05, 3.63) is 95.6 Å². The molecule has 34 heavy (non-hydrogen) atoms. The summed E-state index contributed by atoms with van der Waals surface area (Å²) >= 11 is 7.22. The summed E-state index contributed by atoms with van der Waals surface area (Å²) in [6.07, 6.45) is 1.51. The molecule has 3 aromatic rings. The Hall–Kier alpha value is -3.69. The molecular formula is C24H20ClN3O5S. The average Bonchev–Trinajstić information content (AvgIpc) is 3.12. The van der Waals surface area contributed by atoms with Crippen LogP contribution in [-0.2, 0) is 9.53 Å². The Morgan fingerprint density at radius 1 is 1.26 bits per heavy atom. The highest BCUT2D eigenvalue weighted by atomic mass is 35.5. The second-order valence-corrected chi connectivity index (χ2v) is 8.83. The summed E-state index contributed by atoms with van der Waals surface area (Å²) in [6, 6.07) is 12.4. The summed E-state index contributed by atoms with van der Waals surface area (Å²) in [5, 5.41) is 12.7. The third-order valence-corrected chi connectivity index (χ3v) is 6.42. The number of ether oxygens (including phenoxy) is 1. The number of aromatic nitrogens is 1. The fourth-order valence-corrected chi connectivity index (χ4v) is 4.74. The molecule has 0 amide bonds. The molecule has 1 aromatic heterocycles. The second-order valence-electron chi connectivity index (χ2n) is 7.38. The van der Waals surface area contributed by atoms with E-state index in [9.17, 15) is 19.5 Å². The van der Waals surface area contributed by atoms with Crippen molar-refractivity contribution in [2.45, 2.75) is 19.9 Å². The maximum atomic E-state index is 13.4. The van der Waals surface area contributed by atoms with Gasteiger partial charge in [-0.15, -0.1) is 0 Å². The lowest BCUT2D eigenvalue weighted by atomic mass is 9.96. The lowest BCUT2D eigenvalue weighted by Gasteiger charge is -2.24. The SMILES string of the molecule is CCOC(=O)C1=C(C)N=c2s/c(=C\Nc3cccc(C(=O)O)c3)c(=O)n2[C@@H]1c1ccc(Cl)cc1. The van der Waals surface area contributed by atoms with Gasteiger partial charge in [0.1, 0.15) is 4.53 Å². The number of rotatable bonds is 6. The average molecular weight is 498 g/mol. The highest BCUT2D eigenvalue weighted by Gasteiger charge is 2.33. The first-order valence-electron chi connectivity index (χ1n) is 10.3. The van der Waals surface area contributed by atoms with Crippen molar-refractivity contribution in [2.24, 2.45) is 4.99 Å². The van der Waals surface area contributed by atoms with Crippen LogP contribution in [0.25, 0.3) is 6.20 Å². The number of nitrogens with one attached hydrogen (secondary N) is 1. The quantitative estimate of drug-likeness (QED) is 0.506. The van der Waals surface area contributed by atoms with Crippen LogP contribution in [0.15, 0.2) is 69.6 Å². The second kappa shape index (κ2) is 9.66. The van der Waals surface area contributed by atoms with Crippen LogP contribution in [0, 0.1) is 0 Å². The molecule has 2 heterocycles. The number of carbonyl (C=O) groups excluding carboxylic acids is 1. The van der Waals surface area contributed by atoms with Crippen LogP contribution < -0.4 is 20.2 Å². The van der Waals surface area contributed by atoms with Crippen LogP contribution in [0.3, 0.4) is 0 Å². The van der Waals surface area contributed by atoms with Gasteiger partial charge in [0.15, 0.2) is 4.80 Å². The third-order valence-electron chi connectivity index (χ3n) is 5.18. The van der Waals surface area contributed by atoms with Gasteiger partial charge in [-0.25, -0.2) is 14.6 Å². The van der Waals surface area contributed by atoms with E-state index in [4.69, 9.17) is 16.3 Å². The number of nitrogens with zero attached hydrogens (tertiary/aromatic N) is 2. The van der Waals surface area contributed by atoms with E-state index in [2.05, 4.69) is 10.3 Å². The van der Waals surface area contributed by atoms with Crippen molar-refractivity contribution in [3.63, 3.8) is 0 Å². The van der Waals surface area contributed by atoms with Gasteiger partial charge in [-0.2, -0.15) is 0 Å². The number of anilines is 1. The van der Waals surface area contributed by atoms with Crippen molar-refractivity contribution >= 4 is 46.8 Å². The minimum Gasteiger partial charge on any atom is -0.478 e. The molecular weight excluding hydrogens is 478 g/mol. The smallest absolute Gasteiger partial charge is 0.338 e. The van der Waals surface area contributed by atoms with E-state index in [1.54, 1.807) is 50.2 Å². The molecule has 0 spiro atoms. The van der Waals surface area contributed by atoms with E-state index >= 15 is 0 Å². The van der Waals surface area contributed by atoms with E-state index in [0.29, 0.717) is 31.3 Å². The molecule has 10 heteroatoms. The van der Waals surface area contributed by atoms with Crippen molar-refractivity contribution in [2.75, 3.05) is 11.9 Å². The van der Waals surface area contributed by atoms with Crippen molar-refractivity contribution < 1.29 is 19.4 Å². The zero-order valence-corrected chi connectivity index (χ0v) is 19.8. The van der Waals surface area contributed by atoms with Crippen LogP contribution in [-0.4, -0.2) is 28.2 Å². The molecule has 0 aliphatic carbocycles. The van der Waals surface area contributed by atoms with Gasteiger partial charge in [-0.1, -0.05) is 41.1 Å². The summed E-state index contributed by atoms with van der Waals surface area (Å²) in [4.78, 5) is 42.4. The summed E-state index contributed by atoms with van der Waals surface area (Å²) in [5.41, 5.74) is 1.73. The first-order valence-corrected chi connectivity index (χ1v) is 11.5. The van der Waals surface area contributed by atoms with Crippen molar-refractivity contribution in [1.29, 1.82) is 0 Å². The molecule has 1 aliphatic rings. The molecule has 1 aliphatic heterocycles. The third kappa shape index (κ3) is 4.52. The molecule has 2 N–H and O–H groups in total. The Bertz CT molecular complexity index is 1490. The molecule has 0 bridgehead atoms. The summed E-state index contributed by atoms with van der Waals surface area (Å²) in [7, 11) is 0. The first kappa shape index (κ1) is 23.5. The lowest BCUT2D eigenvalue weighted by molar-refractivity contribution is -0.139. The van der Waals surface area contributed by atoms with Crippen molar-refractivity contribution in [1.82, 2.24) is 4.57 Å². The number of hydrogen-bond acceptors (Lipinski definition) is 7. The maximum Gasteiger partial charge on any atom is 0.338 e. The Morgan fingerprint density at radius 2 is 2.00 bits per heavy atom. The molecule has 0 saturated heterocycles. The largest absolute Gasteiger partial charge is 0.478 e. The summed E-state index contributed by atoms with van der Waals surface area (Å²) in [6.45, 7) is 3.61. The van der Waals surface area contributed by atoms with E-state index in [1.165, 1.54) is 22.9 Å². The number of hydrogen-bond donors (Lipinski definition) is 2. The molecule has 174 valence electrons. The molecule has 2 aromatic carbocycles. The zero-order chi connectivity index (χ0) is 24.4. The number of thiazole rings is 1. The first-order chi connectivity index (χ1) is 16.3. The number of carbonyl (C=O) groups is 2. The number of aromatic carboxylic acids is 1. The van der Waals surface area contributed by atoms with Gasteiger partial charge in [0.2, 0.25) is 0 Å². The fraction of sp³-hybridized carbons (Fsp3) is 0.167. The van der Waals surface area contributed by atoms with Gasteiger partial charge in [-0.05, 0) is 49.7 Å². The van der Waals surface area contributed by atoms with Crippen LogP contribution >= 0.6 is 22.9 Å². The predicted molar refractivity (Wildman–Crippen MR) is 130 cm³/mol. The summed E-state index contributed by atoms with van der Waals surface area (Å²) < 4.78 is 7.07. The lowest BCUT2D eigenvalue weighted by Crippen LogP contribution is -2.40. The number of allylic oxidation sites excluding steroid dienone is 1. The van der Waals surface area contributed by atoms with Crippen LogP contribution in [0.5, 0.6) is 0 Å². The molecule has 1 atom stereocenters. The predicted octanol–water partition coefficient (Wildman–Crippen LogP) is 3.17. The highest BCUT2D eigenvalue weighted by molar-refractivity contribution is 7.07. The van der Waals surface area contributed by atoms with E-state index in [-0.39, 0.29) is 23.3 Å². The molecule has 0 fully saturated rings. The van der Waals surface area contributed by atoms with Gasteiger partial charge in [-0.3, -0.25) is 9.36 Å². The topological polar surface area (TPSA) is 110 Å². The van der Waals surface area contributed by atoms with E-state index in [0.717, 1.165) is 11.3 Å². The van der Waals surface area contributed by atoms with Crippen LogP contribution in [0.2, 0.25) is 5.02 Å². The van der Waals surface area contributed by atoms with Gasteiger partial charge in [0.05, 0.1) is 29.5 Å². The Morgan fingerprint density at radius 3 is 2.68 bits per heavy atom. The standard InChI is InChI=1S/C24H20ClN3O5S/c1-3-33-23(32)19-13(2)27-24-28(20(19)14-7-9-16(25)10-8-14)21(29)18(34-24)12-26-17-6-4-5-15(11-17)22(30)31/h4-12,20,26H,3H2,1-2H3,(H,30,31)/b18-12-/t20-/m1/s1. The Kier molecular flexibility index (Phi) is 6.67. The number of esters is 1. The van der Waals surface area contributed by atoms with Gasteiger partial charge >= 0.3 is 11.9 Å². The fourth-order valence-electron chi connectivity index (χ4n) is 3.64. The molecule has 0 radical (unpaired) electrons. The number of halogens is 1. The van der Waals surface area contributed by atoms with E-state index in [1.807, 2.05) is 0 Å². The molecule has 8 nitrogen and oxygen atoms in total. The minimum absolute atomic E-state index is 0.123. The Labute approximate surface area is 203 Å². The summed E-state index contributed by atoms with van der Waals surface area (Å²) in [5.74, 6) is -1.59. The van der Waals surface area contributed by atoms with Crippen LogP contribution in [0.4, 0.5) is 5.69 Å². The van der Waals surface area contributed by atoms with Gasteiger partial charge < -0.3 is 15.2 Å². The molecule has 4 rings (SSSR count). The highest BCUT2D eigenvalue weighted by Crippen LogP contribution is 2.31. The van der Waals surface area contributed by atoms with Crippen molar-refractivity contribution in [3.8, 4) is 0 Å². The monoisotopic (exact) mass is 497 g/mol. The zero-order valence-electron chi connectivity index (χ0n) is 18.2. The number of carboxylic acid groups (broad SMARTS) is 1. The van der Waals surface area contributed by atoms with Crippen LogP contribution in [0.1, 0.15) is 35.8 Å². The minimum atomic E-state index is -1.05. The number of benzene rings is 2. The Balaban J connectivity index is 1.83. The number of fused-ring (bicyclic) bond motifs is 1. The molecule has 0 unspecified atom stereocenters.